The van der Waals surface area contributed by atoms with Crippen LogP contribution in [0.15, 0.2) is 24.4 Å². The monoisotopic (exact) mass is 295 g/mol. The molecule has 0 aliphatic rings. The van der Waals surface area contributed by atoms with Gasteiger partial charge in [0.05, 0.1) is 23.5 Å². The zero-order chi connectivity index (χ0) is 13.4. The molecule has 3 aromatic rings. The molecule has 2 heterocycles. The molecule has 0 radical (unpaired) electrons. The Morgan fingerprint density at radius 1 is 1.42 bits per heavy atom. The summed E-state index contributed by atoms with van der Waals surface area (Å²) in [7, 11) is 0. The van der Waals surface area contributed by atoms with E-state index in [1.54, 1.807) is 17.4 Å². The van der Waals surface area contributed by atoms with Crippen LogP contribution in [0, 0.1) is 12.7 Å². The maximum atomic E-state index is 13.4. The van der Waals surface area contributed by atoms with E-state index in [1.807, 2.05) is 17.7 Å². The van der Waals surface area contributed by atoms with Crippen LogP contribution in [-0.4, -0.2) is 14.5 Å². The van der Waals surface area contributed by atoms with Crippen LogP contribution in [0.3, 0.4) is 0 Å². The Labute approximate surface area is 118 Å². The first kappa shape index (κ1) is 12.6. The molecule has 0 atom stereocenters. The molecule has 0 N–H and O–H groups in total. The third kappa shape index (κ3) is 2.35. The molecule has 0 unspecified atom stereocenters. The van der Waals surface area contributed by atoms with Crippen molar-refractivity contribution in [2.24, 2.45) is 0 Å². The Kier molecular flexibility index (Phi) is 3.24. The van der Waals surface area contributed by atoms with Gasteiger partial charge in [0.25, 0.3) is 0 Å². The van der Waals surface area contributed by atoms with Gasteiger partial charge < -0.3 is 4.57 Å². The van der Waals surface area contributed by atoms with Gasteiger partial charge in [0.1, 0.15) is 16.6 Å². The second kappa shape index (κ2) is 4.90. The van der Waals surface area contributed by atoms with Gasteiger partial charge in [0, 0.05) is 11.1 Å². The van der Waals surface area contributed by atoms with Crippen molar-refractivity contribution in [2.45, 2.75) is 19.3 Å². The van der Waals surface area contributed by atoms with Crippen molar-refractivity contribution in [2.75, 3.05) is 0 Å². The number of halogens is 2. The van der Waals surface area contributed by atoms with Crippen molar-refractivity contribution in [3.05, 3.63) is 45.9 Å². The van der Waals surface area contributed by atoms with Gasteiger partial charge in [0.2, 0.25) is 0 Å². The molecule has 98 valence electrons. The van der Waals surface area contributed by atoms with E-state index in [4.69, 9.17) is 11.6 Å². The van der Waals surface area contributed by atoms with Crippen LogP contribution < -0.4 is 0 Å². The third-order valence-electron chi connectivity index (χ3n) is 2.87. The van der Waals surface area contributed by atoms with Gasteiger partial charge in [-0.1, -0.05) is 0 Å². The molecule has 0 aliphatic carbocycles. The number of hydrogen-bond donors (Lipinski definition) is 0. The molecule has 0 spiro atoms. The van der Waals surface area contributed by atoms with Crippen LogP contribution in [0.1, 0.15) is 15.7 Å². The average molecular weight is 296 g/mol. The molecule has 19 heavy (non-hydrogen) atoms. The Morgan fingerprint density at radius 2 is 2.26 bits per heavy atom. The lowest BCUT2D eigenvalue weighted by atomic mass is 10.3. The first-order valence-electron chi connectivity index (χ1n) is 5.79. The van der Waals surface area contributed by atoms with Gasteiger partial charge in [-0.15, -0.1) is 22.9 Å². The quantitative estimate of drug-likeness (QED) is 0.689. The van der Waals surface area contributed by atoms with Crippen molar-refractivity contribution in [1.82, 2.24) is 14.5 Å². The molecule has 3 nitrogen and oxygen atoms in total. The molecular formula is C13H11ClFN3S. The molecule has 2 aromatic heterocycles. The molecule has 0 saturated carbocycles. The Balaban J connectivity index is 2.12. The number of nitrogens with zero attached hydrogens (tertiary/aromatic N) is 3. The van der Waals surface area contributed by atoms with Gasteiger partial charge >= 0.3 is 0 Å². The molecule has 0 amide bonds. The predicted molar refractivity (Wildman–Crippen MR) is 75.2 cm³/mol. The number of imidazole rings is 1. The highest BCUT2D eigenvalue weighted by Gasteiger charge is 2.12. The van der Waals surface area contributed by atoms with E-state index in [0.29, 0.717) is 12.4 Å². The fourth-order valence-electron chi connectivity index (χ4n) is 2.03. The summed E-state index contributed by atoms with van der Waals surface area (Å²) in [5.41, 5.74) is 1.51. The minimum Gasteiger partial charge on any atom is -0.320 e. The lowest BCUT2D eigenvalue weighted by molar-refractivity contribution is 0.628. The molecular weight excluding hydrogens is 285 g/mol. The highest BCUT2D eigenvalue weighted by atomic mass is 35.5. The summed E-state index contributed by atoms with van der Waals surface area (Å²) in [6, 6.07) is 4.56. The largest absolute Gasteiger partial charge is 0.320 e. The van der Waals surface area contributed by atoms with Crippen LogP contribution in [0.5, 0.6) is 0 Å². The highest BCUT2D eigenvalue weighted by molar-refractivity contribution is 7.11. The predicted octanol–water partition coefficient (Wildman–Crippen LogP) is 3.73. The van der Waals surface area contributed by atoms with Crippen LogP contribution in [0.25, 0.3) is 11.0 Å². The Morgan fingerprint density at radius 3 is 2.95 bits per heavy atom. The van der Waals surface area contributed by atoms with E-state index in [9.17, 15) is 4.39 Å². The number of thiazole rings is 1. The van der Waals surface area contributed by atoms with Gasteiger partial charge in [-0.25, -0.2) is 14.4 Å². The van der Waals surface area contributed by atoms with Crippen molar-refractivity contribution in [3.8, 4) is 0 Å². The first-order chi connectivity index (χ1) is 9.17. The van der Waals surface area contributed by atoms with Gasteiger partial charge in [0.15, 0.2) is 0 Å². The molecule has 0 fully saturated rings. The number of aromatic nitrogens is 3. The molecule has 0 saturated heterocycles. The van der Waals surface area contributed by atoms with Gasteiger partial charge in [-0.3, -0.25) is 0 Å². The third-order valence-corrected chi connectivity index (χ3v) is 4.01. The normalized spacial score (nSPS) is 11.3. The van der Waals surface area contributed by atoms with Gasteiger partial charge in [-0.05, 0) is 25.1 Å². The molecule has 0 aliphatic heterocycles. The standard InChI is InChI=1S/C13H11ClFN3S/c1-8-6-16-13(19-8)7-18-11-4-9(15)2-3-10(11)17-12(18)5-14/h2-4,6H,5,7H2,1H3. The van der Waals surface area contributed by atoms with Crippen LogP contribution in [0.2, 0.25) is 0 Å². The van der Waals surface area contributed by atoms with E-state index in [1.165, 1.54) is 12.1 Å². The number of fused-ring (bicyclic) bond motifs is 1. The number of hydrogen-bond acceptors (Lipinski definition) is 3. The summed E-state index contributed by atoms with van der Waals surface area (Å²) in [5, 5.41) is 0.965. The minimum absolute atomic E-state index is 0.273. The molecule has 0 bridgehead atoms. The maximum absolute atomic E-state index is 13.4. The van der Waals surface area contributed by atoms with Crippen molar-refractivity contribution in [3.63, 3.8) is 0 Å². The molecule has 1 aromatic carbocycles. The van der Waals surface area contributed by atoms with E-state index in [-0.39, 0.29) is 5.82 Å². The van der Waals surface area contributed by atoms with Crippen molar-refractivity contribution < 1.29 is 4.39 Å². The summed E-state index contributed by atoms with van der Waals surface area (Å²) in [6.45, 7) is 2.58. The summed E-state index contributed by atoms with van der Waals surface area (Å²) in [5.74, 6) is 0.751. The second-order valence-electron chi connectivity index (χ2n) is 4.25. The SMILES string of the molecule is Cc1cnc(Cn2c(CCl)nc3ccc(F)cc32)s1. The van der Waals surface area contributed by atoms with Crippen LogP contribution >= 0.6 is 22.9 Å². The Hall–Kier alpha value is -1.46. The smallest absolute Gasteiger partial charge is 0.125 e. The molecule has 3 rings (SSSR count). The van der Waals surface area contributed by atoms with Crippen LogP contribution in [-0.2, 0) is 12.4 Å². The summed E-state index contributed by atoms with van der Waals surface area (Å²) < 4.78 is 15.3. The highest BCUT2D eigenvalue weighted by Crippen LogP contribution is 2.22. The van der Waals surface area contributed by atoms with Gasteiger partial charge in [-0.2, -0.15) is 0 Å². The average Bonchev–Trinajstić information content (AvgIpc) is 2.94. The lowest BCUT2D eigenvalue weighted by Crippen LogP contribution is -2.03. The first-order valence-corrected chi connectivity index (χ1v) is 7.14. The topological polar surface area (TPSA) is 30.7 Å². The number of benzene rings is 1. The van der Waals surface area contributed by atoms with E-state index in [2.05, 4.69) is 9.97 Å². The van der Waals surface area contributed by atoms with E-state index >= 15 is 0 Å². The Bertz CT molecular complexity index is 735. The van der Waals surface area contributed by atoms with Crippen molar-refractivity contribution in [1.29, 1.82) is 0 Å². The number of aryl methyl sites for hydroxylation is 1. The minimum atomic E-state index is -0.273. The maximum Gasteiger partial charge on any atom is 0.125 e. The number of rotatable bonds is 3. The number of alkyl halides is 1. The zero-order valence-corrected chi connectivity index (χ0v) is 11.8. The van der Waals surface area contributed by atoms with E-state index < -0.39 is 0 Å². The summed E-state index contributed by atoms with van der Waals surface area (Å²) in [6.07, 6.45) is 1.83. The van der Waals surface area contributed by atoms with Crippen molar-refractivity contribution >= 4 is 34.0 Å². The lowest BCUT2D eigenvalue weighted by Gasteiger charge is -2.05. The second-order valence-corrected chi connectivity index (χ2v) is 5.83. The fourth-order valence-corrected chi connectivity index (χ4v) is 3.01. The molecule has 6 heteroatoms. The fraction of sp³-hybridized carbons (Fsp3) is 0.231. The summed E-state index contributed by atoms with van der Waals surface area (Å²) >= 11 is 7.54. The van der Waals surface area contributed by atoms with E-state index in [0.717, 1.165) is 26.7 Å². The summed E-state index contributed by atoms with van der Waals surface area (Å²) in [4.78, 5) is 9.90. The van der Waals surface area contributed by atoms with Crippen LogP contribution in [0.4, 0.5) is 4.39 Å². The zero-order valence-electron chi connectivity index (χ0n) is 10.2.